The summed E-state index contributed by atoms with van der Waals surface area (Å²) in [4.78, 5) is 13.8. The molecule has 0 saturated heterocycles. The number of pyridine rings is 2. The summed E-state index contributed by atoms with van der Waals surface area (Å²) in [6.07, 6.45) is 4.51. The highest BCUT2D eigenvalue weighted by atomic mass is 15.1. The van der Waals surface area contributed by atoms with E-state index in [1.54, 1.807) is 0 Å². The summed E-state index contributed by atoms with van der Waals surface area (Å²) in [5.74, 6) is 0.913. The molecule has 0 aliphatic rings. The molecular weight excluding hydrogens is 296 g/mol. The van der Waals surface area contributed by atoms with Crippen LogP contribution < -0.4 is 0 Å². The fourth-order valence-corrected chi connectivity index (χ4v) is 3.05. The third-order valence-electron chi connectivity index (χ3n) is 4.18. The van der Waals surface area contributed by atoms with E-state index in [9.17, 15) is 0 Å². The molecule has 3 aromatic heterocycles. The van der Waals surface area contributed by atoms with Gasteiger partial charge < -0.3 is 4.57 Å². The molecule has 118 valence electrons. The zero-order valence-electron chi connectivity index (χ0n) is 13.6. The van der Waals surface area contributed by atoms with Gasteiger partial charge in [0.2, 0.25) is 0 Å². The fourth-order valence-electron chi connectivity index (χ4n) is 3.05. The van der Waals surface area contributed by atoms with Crippen LogP contribution in [0.5, 0.6) is 0 Å². The first-order chi connectivity index (χ1) is 11.8. The van der Waals surface area contributed by atoms with Crippen molar-refractivity contribution in [2.75, 3.05) is 0 Å². The maximum atomic E-state index is 4.84. The molecule has 4 nitrogen and oxygen atoms in total. The Morgan fingerprint density at radius 3 is 2.46 bits per heavy atom. The maximum Gasteiger partial charge on any atom is 0.159 e. The lowest BCUT2D eigenvalue weighted by molar-refractivity contribution is 0.708. The van der Waals surface area contributed by atoms with Gasteiger partial charge in [0.15, 0.2) is 5.82 Å². The Morgan fingerprint density at radius 1 is 0.875 bits per heavy atom. The van der Waals surface area contributed by atoms with Crippen molar-refractivity contribution in [3.8, 4) is 11.5 Å². The highest BCUT2D eigenvalue weighted by Gasteiger charge is 2.15. The molecule has 0 radical (unpaired) electrons. The van der Waals surface area contributed by atoms with Crippen molar-refractivity contribution < 1.29 is 0 Å². The van der Waals surface area contributed by atoms with Crippen LogP contribution in [0.15, 0.2) is 67.0 Å². The van der Waals surface area contributed by atoms with Crippen LogP contribution in [-0.4, -0.2) is 19.5 Å². The highest BCUT2D eigenvalue weighted by molar-refractivity contribution is 5.83. The first kappa shape index (κ1) is 14.6. The molecule has 0 aliphatic heterocycles. The molecule has 0 bridgehead atoms. The van der Waals surface area contributed by atoms with Crippen LogP contribution in [-0.2, 0) is 13.0 Å². The molecule has 0 amide bonds. The largest absolute Gasteiger partial charge is 0.322 e. The number of imidazole rings is 1. The van der Waals surface area contributed by atoms with Gasteiger partial charge in [-0.25, -0.2) is 4.98 Å². The number of fused-ring (bicyclic) bond motifs is 1. The number of aromatic nitrogens is 4. The smallest absolute Gasteiger partial charge is 0.159 e. The van der Waals surface area contributed by atoms with Crippen LogP contribution in [0.4, 0.5) is 0 Å². The summed E-state index contributed by atoms with van der Waals surface area (Å²) in [5.41, 5.74) is 5.39. The van der Waals surface area contributed by atoms with E-state index in [2.05, 4.69) is 45.7 Å². The molecule has 4 heteroatoms. The van der Waals surface area contributed by atoms with Crippen molar-refractivity contribution in [3.63, 3.8) is 0 Å². The van der Waals surface area contributed by atoms with E-state index in [1.807, 2.05) is 42.7 Å². The summed E-state index contributed by atoms with van der Waals surface area (Å²) < 4.78 is 2.27. The molecule has 0 N–H and O–H groups in total. The summed E-state index contributed by atoms with van der Waals surface area (Å²) in [5, 5.41) is 0. The SMILES string of the molecule is Cc1cccc2nc(-c3ccccn3)n(CCc3ccccn3)c12. The van der Waals surface area contributed by atoms with Gasteiger partial charge >= 0.3 is 0 Å². The number of para-hydroxylation sites is 1. The second-order valence-corrected chi connectivity index (χ2v) is 5.82. The standard InChI is InChI=1S/C20H18N4/c1-15-7-6-10-17-19(15)24(14-11-16-8-2-4-12-21-16)20(23-17)18-9-3-5-13-22-18/h2-10,12-13H,11,14H2,1H3. The van der Waals surface area contributed by atoms with E-state index in [0.717, 1.165) is 35.7 Å². The second-order valence-electron chi connectivity index (χ2n) is 5.82. The Hall–Kier alpha value is -3.01. The molecule has 0 fully saturated rings. The summed E-state index contributed by atoms with van der Waals surface area (Å²) in [6.45, 7) is 2.95. The molecule has 0 saturated carbocycles. The quantitative estimate of drug-likeness (QED) is 0.571. The Kier molecular flexibility index (Phi) is 3.79. The molecule has 4 aromatic rings. The van der Waals surface area contributed by atoms with Crippen molar-refractivity contribution in [1.29, 1.82) is 0 Å². The number of benzene rings is 1. The predicted molar refractivity (Wildman–Crippen MR) is 95.6 cm³/mol. The van der Waals surface area contributed by atoms with Crippen molar-refractivity contribution in [2.45, 2.75) is 19.9 Å². The van der Waals surface area contributed by atoms with E-state index in [-0.39, 0.29) is 0 Å². The van der Waals surface area contributed by atoms with Gasteiger partial charge in [0, 0.05) is 31.1 Å². The summed E-state index contributed by atoms with van der Waals surface area (Å²) in [6, 6.07) is 18.2. The molecule has 1 aromatic carbocycles. The van der Waals surface area contributed by atoms with Crippen LogP contribution in [0.25, 0.3) is 22.6 Å². The minimum absolute atomic E-state index is 0.824. The van der Waals surface area contributed by atoms with Crippen molar-refractivity contribution in [2.24, 2.45) is 0 Å². The topological polar surface area (TPSA) is 43.6 Å². The van der Waals surface area contributed by atoms with Crippen LogP contribution in [0.1, 0.15) is 11.3 Å². The van der Waals surface area contributed by atoms with Crippen molar-refractivity contribution in [3.05, 3.63) is 78.2 Å². The molecule has 0 unspecified atom stereocenters. The summed E-state index contributed by atoms with van der Waals surface area (Å²) >= 11 is 0. The molecule has 0 spiro atoms. The third kappa shape index (κ3) is 2.67. The second kappa shape index (κ2) is 6.24. The van der Waals surface area contributed by atoms with Gasteiger partial charge in [-0.3, -0.25) is 9.97 Å². The average Bonchev–Trinajstić information content (AvgIpc) is 3.01. The number of rotatable bonds is 4. The van der Waals surface area contributed by atoms with Crippen LogP contribution in [0.2, 0.25) is 0 Å². The minimum atomic E-state index is 0.824. The van der Waals surface area contributed by atoms with Gasteiger partial charge in [0.05, 0.1) is 11.0 Å². The molecular formula is C20H18N4. The Morgan fingerprint density at radius 2 is 1.71 bits per heavy atom. The zero-order chi connectivity index (χ0) is 16.4. The molecule has 24 heavy (non-hydrogen) atoms. The van der Waals surface area contributed by atoms with Crippen LogP contribution in [0, 0.1) is 6.92 Å². The normalized spacial score (nSPS) is 11.0. The number of nitrogens with zero attached hydrogens (tertiary/aromatic N) is 4. The minimum Gasteiger partial charge on any atom is -0.322 e. The van der Waals surface area contributed by atoms with Crippen LogP contribution in [0.3, 0.4) is 0 Å². The third-order valence-corrected chi connectivity index (χ3v) is 4.18. The van der Waals surface area contributed by atoms with Crippen molar-refractivity contribution in [1.82, 2.24) is 19.5 Å². The van der Waals surface area contributed by atoms with Crippen molar-refractivity contribution >= 4 is 11.0 Å². The van der Waals surface area contributed by atoms with E-state index in [4.69, 9.17) is 4.98 Å². The molecule has 0 atom stereocenters. The monoisotopic (exact) mass is 314 g/mol. The van der Waals surface area contributed by atoms with Gasteiger partial charge in [-0.15, -0.1) is 0 Å². The van der Waals surface area contributed by atoms with Gasteiger partial charge in [-0.2, -0.15) is 0 Å². The van der Waals surface area contributed by atoms with E-state index < -0.39 is 0 Å². The van der Waals surface area contributed by atoms with Gasteiger partial charge in [0.1, 0.15) is 5.69 Å². The van der Waals surface area contributed by atoms with Gasteiger partial charge in [-0.05, 0) is 42.8 Å². The lowest BCUT2D eigenvalue weighted by Crippen LogP contribution is -2.06. The lowest BCUT2D eigenvalue weighted by Gasteiger charge is -2.10. The molecule has 4 rings (SSSR count). The number of aryl methyl sites for hydroxylation is 3. The summed E-state index contributed by atoms with van der Waals surface area (Å²) in [7, 11) is 0. The maximum absolute atomic E-state index is 4.84. The van der Waals surface area contributed by atoms with E-state index in [0.29, 0.717) is 0 Å². The Balaban J connectivity index is 1.82. The Bertz CT molecular complexity index is 959. The van der Waals surface area contributed by atoms with Crippen LogP contribution >= 0.6 is 0 Å². The number of hydrogen-bond acceptors (Lipinski definition) is 3. The van der Waals surface area contributed by atoms with Gasteiger partial charge in [0.25, 0.3) is 0 Å². The predicted octanol–water partition coefficient (Wildman–Crippen LogP) is 4.04. The fraction of sp³-hybridized carbons (Fsp3) is 0.150. The van der Waals surface area contributed by atoms with E-state index in [1.165, 1.54) is 11.1 Å². The van der Waals surface area contributed by atoms with Gasteiger partial charge in [-0.1, -0.05) is 24.3 Å². The lowest BCUT2D eigenvalue weighted by atomic mass is 10.2. The highest BCUT2D eigenvalue weighted by Crippen LogP contribution is 2.26. The number of hydrogen-bond donors (Lipinski definition) is 0. The molecule has 0 aliphatic carbocycles. The molecule has 3 heterocycles. The Labute approximate surface area is 140 Å². The average molecular weight is 314 g/mol. The first-order valence-corrected chi connectivity index (χ1v) is 8.10. The first-order valence-electron chi connectivity index (χ1n) is 8.10. The van der Waals surface area contributed by atoms with E-state index >= 15 is 0 Å². The zero-order valence-corrected chi connectivity index (χ0v) is 13.6.